The zero-order valence-corrected chi connectivity index (χ0v) is 12.3. The normalized spacial score (nSPS) is 18.4. The van der Waals surface area contributed by atoms with Gasteiger partial charge in [-0.15, -0.1) is 0 Å². The molecule has 0 spiro atoms. The Hall–Kier alpha value is -1.09. The second-order valence-corrected chi connectivity index (χ2v) is 5.15. The molecule has 3 heteroatoms. The first kappa shape index (κ1) is 16.0. The molecule has 0 saturated carbocycles. The van der Waals surface area contributed by atoms with E-state index in [0.717, 1.165) is 5.56 Å². The van der Waals surface area contributed by atoms with Crippen molar-refractivity contribution in [2.75, 3.05) is 0 Å². The third kappa shape index (κ3) is 3.47. The number of hydrogen-bond donors (Lipinski definition) is 2. The lowest BCUT2D eigenvalue weighted by atomic mass is 9.93. The van der Waals surface area contributed by atoms with Gasteiger partial charge in [0.15, 0.2) is 0 Å². The third-order valence-corrected chi connectivity index (χ3v) is 3.53. The molecule has 0 aliphatic heterocycles. The van der Waals surface area contributed by atoms with E-state index in [1.54, 1.807) is 6.07 Å². The van der Waals surface area contributed by atoms with Crippen molar-refractivity contribution < 1.29 is 14.6 Å². The Labute approximate surface area is 115 Å². The van der Waals surface area contributed by atoms with Crippen molar-refractivity contribution in [3.8, 4) is 5.75 Å². The molecule has 2 N–H and O–H groups in total. The van der Waals surface area contributed by atoms with Crippen molar-refractivity contribution in [1.29, 1.82) is 0 Å². The summed E-state index contributed by atoms with van der Waals surface area (Å²) in [6.07, 6.45) is 2.09. The number of aliphatic hydroxyl groups is 1. The van der Waals surface area contributed by atoms with Crippen LogP contribution >= 0.6 is 0 Å². The molecule has 2 nitrogen and oxygen atoms in total. The second-order valence-electron chi connectivity index (χ2n) is 5.15. The number of halogens is 1. The molecule has 0 aromatic heterocycles. The van der Waals surface area contributed by atoms with Gasteiger partial charge in [-0.25, -0.2) is 4.39 Å². The Morgan fingerprint density at radius 3 is 2.37 bits per heavy atom. The maximum Gasteiger partial charge on any atom is 0.133 e. The molecule has 19 heavy (non-hydrogen) atoms. The SMILES string of the molecule is CC.CC(C)c1c(O)cc2c(c1F)CCC(O)CC2. The van der Waals surface area contributed by atoms with Gasteiger partial charge in [0.05, 0.1) is 6.10 Å². The van der Waals surface area contributed by atoms with E-state index in [0.29, 0.717) is 36.8 Å². The first-order valence-corrected chi connectivity index (χ1v) is 7.22. The average Bonchev–Trinajstić information content (AvgIpc) is 2.54. The van der Waals surface area contributed by atoms with Crippen LogP contribution in [0.4, 0.5) is 4.39 Å². The maximum atomic E-state index is 14.3. The summed E-state index contributed by atoms with van der Waals surface area (Å²) < 4.78 is 14.3. The minimum Gasteiger partial charge on any atom is -0.508 e. The van der Waals surface area contributed by atoms with Crippen LogP contribution in [-0.4, -0.2) is 16.3 Å². The van der Waals surface area contributed by atoms with Gasteiger partial charge in [0, 0.05) is 5.56 Å². The minimum atomic E-state index is -0.355. The van der Waals surface area contributed by atoms with E-state index in [-0.39, 0.29) is 23.6 Å². The van der Waals surface area contributed by atoms with Crippen molar-refractivity contribution >= 4 is 0 Å². The van der Waals surface area contributed by atoms with Gasteiger partial charge >= 0.3 is 0 Å². The molecule has 1 aliphatic rings. The van der Waals surface area contributed by atoms with Crippen molar-refractivity contribution in [3.63, 3.8) is 0 Å². The number of aliphatic hydroxyl groups excluding tert-OH is 1. The van der Waals surface area contributed by atoms with E-state index in [4.69, 9.17) is 0 Å². The van der Waals surface area contributed by atoms with Crippen LogP contribution in [0.2, 0.25) is 0 Å². The number of phenols is 1. The summed E-state index contributed by atoms with van der Waals surface area (Å²) in [5.74, 6) is -0.259. The van der Waals surface area contributed by atoms with E-state index in [1.165, 1.54) is 0 Å². The van der Waals surface area contributed by atoms with E-state index >= 15 is 0 Å². The molecule has 1 aromatic rings. The highest BCUT2D eigenvalue weighted by molar-refractivity contribution is 5.45. The van der Waals surface area contributed by atoms with Crippen LogP contribution in [0.15, 0.2) is 6.07 Å². The predicted molar refractivity (Wildman–Crippen MR) is 76.2 cm³/mol. The molecule has 1 aromatic carbocycles. The van der Waals surface area contributed by atoms with E-state index in [2.05, 4.69) is 0 Å². The Morgan fingerprint density at radius 2 is 1.79 bits per heavy atom. The molecular weight excluding hydrogens is 243 g/mol. The van der Waals surface area contributed by atoms with Gasteiger partial charge in [0.2, 0.25) is 0 Å². The lowest BCUT2D eigenvalue weighted by Gasteiger charge is -2.15. The van der Waals surface area contributed by atoms with E-state index in [9.17, 15) is 14.6 Å². The van der Waals surface area contributed by atoms with Gasteiger partial charge in [0.1, 0.15) is 11.6 Å². The molecule has 0 radical (unpaired) electrons. The number of hydrogen-bond acceptors (Lipinski definition) is 2. The fourth-order valence-corrected chi connectivity index (χ4v) is 2.57. The summed E-state index contributed by atoms with van der Waals surface area (Å²) in [5, 5.41) is 19.5. The highest BCUT2D eigenvalue weighted by Crippen LogP contribution is 2.35. The summed E-state index contributed by atoms with van der Waals surface area (Å²) in [6, 6.07) is 1.67. The molecule has 0 bridgehead atoms. The Bertz CT molecular complexity index is 427. The van der Waals surface area contributed by atoms with Gasteiger partial charge in [0.25, 0.3) is 0 Å². The van der Waals surface area contributed by atoms with Gasteiger partial charge in [-0.3, -0.25) is 0 Å². The van der Waals surface area contributed by atoms with Crippen LogP contribution in [0.25, 0.3) is 0 Å². The van der Waals surface area contributed by atoms with Crippen LogP contribution in [0.5, 0.6) is 5.75 Å². The molecule has 0 amide bonds. The zero-order valence-electron chi connectivity index (χ0n) is 12.3. The highest BCUT2D eigenvalue weighted by Gasteiger charge is 2.23. The first-order chi connectivity index (χ1) is 9.00. The quantitative estimate of drug-likeness (QED) is 0.758. The number of phenolic OH excluding ortho intramolecular Hbond substituents is 1. The standard InChI is InChI=1S/C14H19FO2.C2H6/c1-8(2)13-12(17)7-9-3-4-10(16)5-6-11(9)14(13)15;1-2/h7-8,10,16-17H,3-6H2,1-2H3;1-2H3. The lowest BCUT2D eigenvalue weighted by molar-refractivity contribution is 0.158. The largest absolute Gasteiger partial charge is 0.508 e. The van der Waals surface area contributed by atoms with Crippen molar-refractivity contribution in [1.82, 2.24) is 0 Å². The summed E-state index contributed by atoms with van der Waals surface area (Å²) in [6.45, 7) is 7.74. The topological polar surface area (TPSA) is 40.5 Å². The number of fused-ring (bicyclic) bond motifs is 1. The number of rotatable bonds is 1. The summed E-state index contributed by atoms with van der Waals surface area (Å²) >= 11 is 0. The average molecular weight is 268 g/mol. The Kier molecular flexibility index (Phi) is 5.80. The van der Waals surface area contributed by atoms with Crippen LogP contribution in [-0.2, 0) is 12.8 Å². The van der Waals surface area contributed by atoms with E-state index < -0.39 is 0 Å². The smallest absolute Gasteiger partial charge is 0.133 e. The molecule has 0 fully saturated rings. The summed E-state index contributed by atoms with van der Waals surface area (Å²) in [5.41, 5.74) is 1.93. The third-order valence-electron chi connectivity index (χ3n) is 3.53. The Balaban J connectivity index is 0.000000861. The van der Waals surface area contributed by atoms with Gasteiger partial charge < -0.3 is 10.2 Å². The second kappa shape index (κ2) is 6.90. The molecule has 1 atom stereocenters. The number of aryl methyl sites for hydroxylation is 1. The fraction of sp³-hybridized carbons (Fsp3) is 0.625. The molecular formula is C16H25FO2. The van der Waals surface area contributed by atoms with Crippen molar-refractivity contribution in [3.05, 3.63) is 28.6 Å². The minimum absolute atomic E-state index is 0.0338. The summed E-state index contributed by atoms with van der Waals surface area (Å²) in [7, 11) is 0. The van der Waals surface area contributed by atoms with Gasteiger partial charge in [-0.05, 0) is 48.8 Å². The van der Waals surface area contributed by atoms with Crippen molar-refractivity contribution in [2.45, 2.75) is 65.4 Å². The lowest BCUT2D eigenvalue weighted by Crippen LogP contribution is -2.05. The van der Waals surface area contributed by atoms with Crippen molar-refractivity contribution in [2.24, 2.45) is 0 Å². The molecule has 0 saturated heterocycles. The Morgan fingerprint density at radius 1 is 1.21 bits per heavy atom. The first-order valence-electron chi connectivity index (χ1n) is 7.22. The van der Waals surface area contributed by atoms with Crippen LogP contribution < -0.4 is 0 Å². The number of benzene rings is 1. The van der Waals surface area contributed by atoms with Gasteiger partial charge in [-0.1, -0.05) is 27.7 Å². The van der Waals surface area contributed by atoms with E-state index in [1.807, 2.05) is 27.7 Å². The fourth-order valence-electron chi connectivity index (χ4n) is 2.57. The molecule has 2 rings (SSSR count). The summed E-state index contributed by atoms with van der Waals surface area (Å²) in [4.78, 5) is 0. The predicted octanol–water partition coefficient (Wildman–Crippen LogP) is 3.92. The van der Waals surface area contributed by atoms with Crippen LogP contribution in [0, 0.1) is 5.82 Å². The van der Waals surface area contributed by atoms with Gasteiger partial charge in [-0.2, -0.15) is 0 Å². The monoisotopic (exact) mass is 268 g/mol. The van der Waals surface area contributed by atoms with Crippen LogP contribution in [0.3, 0.4) is 0 Å². The molecule has 1 unspecified atom stereocenters. The molecule has 108 valence electrons. The molecule has 1 aliphatic carbocycles. The number of aromatic hydroxyl groups is 1. The molecule has 0 heterocycles. The van der Waals surface area contributed by atoms with Crippen LogP contribution in [0.1, 0.15) is 63.1 Å². The maximum absolute atomic E-state index is 14.3. The zero-order chi connectivity index (χ0) is 14.6. The highest BCUT2D eigenvalue weighted by atomic mass is 19.1.